The van der Waals surface area contributed by atoms with Crippen LogP contribution in [-0.4, -0.2) is 24.8 Å². The predicted octanol–water partition coefficient (Wildman–Crippen LogP) is -0.580. The molecule has 3 heteroatoms. The molecule has 1 aliphatic heterocycles. The third kappa shape index (κ3) is 1.35. The normalized spacial score (nSPS) is 14.0. The van der Waals surface area contributed by atoms with Crippen LogP contribution in [0.1, 0.15) is 0 Å². The van der Waals surface area contributed by atoms with Crippen LogP contribution in [0.5, 0.6) is 0 Å². The Morgan fingerprint density at radius 3 is 3.50 bits per heavy atom. The predicted molar refractivity (Wildman–Crippen MR) is 34.8 cm³/mol. The Labute approximate surface area is 46.5 Å². The molecule has 1 rings (SSSR count). The summed E-state index contributed by atoms with van der Waals surface area (Å²) < 4.78 is 3.70. The first kappa shape index (κ1) is 4.72. The van der Waals surface area contributed by atoms with Crippen LogP contribution in [0, 0.1) is 0 Å². The molecule has 0 aromatic heterocycles. The van der Waals surface area contributed by atoms with Crippen molar-refractivity contribution in [3.8, 4) is 0 Å². The van der Waals surface area contributed by atoms with Crippen molar-refractivity contribution in [1.29, 1.82) is 0 Å². The molecule has 0 fully saturated rings. The van der Waals surface area contributed by atoms with Gasteiger partial charge in [0, 0.05) is 0 Å². The van der Waals surface area contributed by atoms with Gasteiger partial charge < -0.3 is 0 Å². The summed E-state index contributed by atoms with van der Waals surface area (Å²) in [5, 5.41) is 0. The standard InChI is InChI=1S/C5H4N3/c1-2-6-4-8-5-7-3-1/h1-2,4-5H/q+1. The van der Waals surface area contributed by atoms with Crippen molar-refractivity contribution in [3.05, 3.63) is 6.08 Å². The van der Waals surface area contributed by atoms with E-state index in [4.69, 9.17) is 0 Å². The van der Waals surface area contributed by atoms with Gasteiger partial charge in [-0.05, 0) is 10.9 Å². The Balaban J connectivity index is 2.98. The van der Waals surface area contributed by atoms with Crippen LogP contribution < -0.4 is 4.67 Å². The summed E-state index contributed by atoms with van der Waals surface area (Å²) >= 11 is 0. The molecule has 0 saturated carbocycles. The minimum absolute atomic E-state index is 1.38. The number of aliphatic imine (C=N–C) groups is 2. The van der Waals surface area contributed by atoms with Crippen molar-refractivity contribution >= 4 is 24.8 Å². The van der Waals surface area contributed by atoms with Crippen LogP contribution in [0.3, 0.4) is 0 Å². The summed E-state index contributed by atoms with van der Waals surface area (Å²) in [6.45, 7) is 0. The highest BCUT2D eigenvalue weighted by molar-refractivity contribution is 5.89. The van der Waals surface area contributed by atoms with E-state index in [1.54, 1.807) is 12.3 Å². The second kappa shape index (κ2) is 2.69. The van der Waals surface area contributed by atoms with Gasteiger partial charge in [0.25, 0.3) is 0 Å². The highest BCUT2D eigenvalue weighted by Crippen LogP contribution is 1.57. The van der Waals surface area contributed by atoms with Crippen molar-refractivity contribution in [1.82, 2.24) is 4.67 Å². The summed E-state index contributed by atoms with van der Waals surface area (Å²) in [6, 6.07) is 0. The fourth-order valence-corrected chi connectivity index (χ4v) is 0.293. The average molecular weight is 106 g/mol. The van der Waals surface area contributed by atoms with Crippen LogP contribution in [0.2, 0.25) is 0 Å². The van der Waals surface area contributed by atoms with Gasteiger partial charge in [0.05, 0.1) is 6.08 Å². The molecule has 0 radical (unpaired) electrons. The van der Waals surface area contributed by atoms with E-state index in [1.165, 1.54) is 12.7 Å². The smallest absolute Gasteiger partial charge is 0.215 e. The molecule has 0 bridgehead atoms. The second-order valence-electron chi connectivity index (χ2n) is 1.10. The van der Waals surface area contributed by atoms with Crippen LogP contribution in [0.4, 0.5) is 0 Å². The van der Waals surface area contributed by atoms with E-state index in [9.17, 15) is 0 Å². The van der Waals surface area contributed by atoms with Crippen molar-refractivity contribution in [3.63, 3.8) is 0 Å². The Morgan fingerprint density at radius 2 is 2.50 bits per heavy atom. The van der Waals surface area contributed by atoms with Gasteiger partial charge in [-0.15, -0.1) is 0 Å². The van der Waals surface area contributed by atoms with Gasteiger partial charge in [-0.1, -0.05) is 0 Å². The minimum atomic E-state index is 1.38. The molecule has 1 aliphatic rings. The molecule has 0 atom stereocenters. The van der Waals surface area contributed by atoms with Gasteiger partial charge >= 0.3 is 6.34 Å². The largest absolute Gasteiger partial charge is 0.379 e. The Morgan fingerprint density at radius 1 is 1.50 bits per heavy atom. The van der Waals surface area contributed by atoms with E-state index < -0.39 is 0 Å². The van der Waals surface area contributed by atoms with E-state index in [2.05, 4.69) is 20.5 Å². The number of allylic oxidation sites excluding steroid dienone is 1. The van der Waals surface area contributed by atoms with Crippen LogP contribution in [0.15, 0.2) is 16.1 Å². The first-order valence-electron chi connectivity index (χ1n) is 2.14. The van der Waals surface area contributed by atoms with E-state index in [1.807, 2.05) is 0 Å². The van der Waals surface area contributed by atoms with Crippen LogP contribution >= 0.6 is 0 Å². The molecule has 1 heterocycles. The lowest BCUT2D eigenvalue weighted by Gasteiger charge is -1.59. The number of nitrogens with zero attached hydrogens (tertiary/aromatic N) is 3. The zero-order valence-corrected chi connectivity index (χ0v) is 4.15. The molecule has 0 spiro atoms. The molecule has 0 aromatic rings. The van der Waals surface area contributed by atoms with Gasteiger partial charge in [0.1, 0.15) is 0 Å². The Bertz CT molecular complexity index is 188. The third-order valence-corrected chi connectivity index (χ3v) is 0.567. The zero-order chi connectivity index (χ0) is 5.66. The van der Waals surface area contributed by atoms with Gasteiger partial charge in [-0.2, -0.15) is 4.99 Å². The number of hydrogen-bond donors (Lipinski definition) is 0. The maximum Gasteiger partial charge on any atom is 0.379 e. The molecule has 0 saturated heterocycles. The lowest BCUT2D eigenvalue weighted by atomic mass is 10.7. The molecular weight excluding hydrogens is 102 g/mol. The molecule has 3 nitrogen and oxygen atoms in total. The van der Waals surface area contributed by atoms with E-state index in [-0.39, 0.29) is 0 Å². The third-order valence-electron chi connectivity index (χ3n) is 0.567. The quantitative estimate of drug-likeness (QED) is 0.371. The molecule has 0 N–H and O–H groups in total. The monoisotopic (exact) mass is 106 g/mol. The first-order valence-corrected chi connectivity index (χ1v) is 2.14. The first-order chi connectivity index (χ1) is 4.00. The average Bonchev–Trinajstić information content (AvgIpc) is 1.62. The maximum atomic E-state index is 3.70. The molecule has 0 aliphatic carbocycles. The molecule has 8 heavy (non-hydrogen) atoms. The lowest BCUT2D eigenvalue weighted by Crippen LogP contribution is -1.80. The molecule has 0 aromatic carbocycles. The van der Waals surface area contributed by atoms with Crippen molar-refractivity contribution in [2.75, 3.05) is 0 Å². The summed E-state index contributed by atoms with van der Waals surface area (Å²) in [6.07, 6.45) is 5.98. The summed E-state index contributed by atoms with van der Waals surface area (Å²) in [5.41, 5.74) is 0. The zero-order valence-electron chi connectivity index (χ0n) is 4.15. The fraction of sp³-hybridized carbons (Fsp3) is 0. The number of hydrogen-bond acceptors (Lipinski definition) is 2. The highest BCUT2D eigenvalue weighted by Gasteiger charge is 1.74. The van der Waals surface area contributed by atoms with Gasteiger partial charge in [0.2, 0.25) is 12.6 Å². The SMILES string of the molecule is C1=CC=[N+]=CN=CN=1. The van der Waals surface area contributed by atoms with Gasteiger partial charge in [-0.25, -0.2) is 4.67 Å². The summed E-state index contributed by atoms with van der Waals surface area (Å²) in [4.78, 5) is 7.24. The van der Waals surface area contributed by atoms with Crippen molar-refractivity contribution < 1.29 is 0 Å². The lowest BCUT2D eigenvalue weighted by molar-refractivity contribution is 1.62. The van der Waals surface area contributed by atoms with E-state index in [0.717, 1.165) is 0 Å². The second-order valence-corrected chi connectivity index (χ2v) is 1.10. The minimum Gasteiger partial charge on any atom is -0.215 e. The Kier molecular flexibility index (Phi) is 1.59. The summed E-state index contributed by atoms with van der Waals surface area (Å²) in [7, 11) is 0. The van der Waals surface area contributed by atoms with Crippen LogP contribution in [-0.2, 0) is 0 Å². The fourth-order valence-electron chi connectivity index (χ4n) is 0.293. The van der Waals surface area contributed by atoms with Gasteiger partial charge in [0.15, 0.2) is 0 Å². The van der Waals surface area contributed by atoms with Crippen molar-refractivity contribution in [2.45, 2.75) is 0 Å². The van der Waals surface area contributed by atoms with Crippen LogP contribution in [0.25, 0.3) is 0 Å². The topological polar surface area (TPSA) is 38.8 Å². The van der Waals surface area contributed by atoms with E-state index >= 15 is 0 Å². The number of rotatable bonds is 0. The molecule has 38 valence electrons. The summed E-state index contributed by atoms with van der Waals surface area (Å²) in [5.74, 6) is 2.57. The molecule has 0 unspecified atom stereocenters. The van der Waals surface area contributed by atoms with E-state index in [0.29, 0.717) is 0 Å². The molecule has 0 amide bonds. The van der Waals surface area contributed by atoms with Gasteiger partial charge in [-0.3, -0.25) is 0 Å². The van der Waals surface area contributed by atoms with Crippen molar-refractivity contribution in [2.24, 2.45) is 9.98 Å². The molecular formula is C5H4N3+. The maximum absolute atomic E-state index is 3.70. The Hall–Kier alpha value is -1.43. The highest BCUT2D eigenvalue weighted by atomic mass is 14.9.